The van der Waals surface area contributed by atoms with Crippen LogP contribution in [0.2, 0.25) is 0 Å². The van der Waals surface area contributed by atoms with Gasteiger partial charge in [0.2, 0.25) is 0 Å². The number of hydrogen-bond donors (Lipinski definition) is 1. The Bertz CT molecular complexity index is 349. The highest BCUT2D eigenvalue weighted by Crippen LogP contribution is 2.29. The number of aromatic amines is 1. The van der Waals surface area contributed by atoms with Gasteiger partial charge in [-0.25, -0.2) is 4.98 Å². The number of fused-ring (bicyclic) bond motifs is 1. The molecule has 1 aliphatic carbocycles. The molecule has 1 unspecified atom stereocenters. The summed E-state index contributed by atoms with van der Waals surface area (Å²) in [6, 6.07) is 0. The largest absolute Gasteiger partial charge is 0.345 e. The van der Waals surface area contributed by atoms with Crippen molar-refractivity contribution >= 4 is 0 Å². The van der Waals surface area contributed by atoms with Crippen LogP contribution >= 0.6 is 0 Å². The Morgan fingerprint density at radius 2 is 2.20 bits per heavy atom. The first-order valence-electron chi connectivity index (χ1n) is 6.11. The summed E-state index contributed by atoms with van der Waals surface area (Å²) < 4.78 is 0. The van der Waals surface area contributed by atoms with E-state index < -0.39 is 0 Å². The van der Waals surface area contributed by atoms with Gasteiger partial charge in [-0.2, -0.15) is 0 Å². The molecule has 0 aliphatic heterocycles. The van der Waals surface area contributed by atoms with E-state index in [1.54, 1.807) is 0 Å². The lowest BCUT2D eigenvalue weighted by atomic mass is 9.89. The number of nitrogens with one attached hydrogen (secondary N) is 1. The first-order chi connectivity index (χ1) is 7.03. The highest BCUT2D eigenvalue weighted by Gasteiger charge is 2.26. The summed E-state index contributed by atoms with van der Waals surface area (Å²) in [5.41, 5.74) is 2.91. The normalized spacial score (nSPS) is 21.5. The zero-order valence-corrected chi connectivity index (χ0v) is 10.4. The minimum atomic E-state index is 0.195. The van der Waals surface area contributed by atoms with Crippen molar-refractivity contribution in [2.45, 2.75) is 58.8 Å². The van der Waals surface area contributed by atoms with Gasteiger partial charge in [0.15, 0.2) is 0 Å². The molecule has 0 radical (unpaired) electrons. The van der Waals surface area contributed by atoms with E-state index >= 15 is 0 Å². The maximum absolute atomic E-state index is 4.77. The van der Waals surface area contributed by atoms with Crippen LogP contribution in [-0.4, -0.2) is 9.97 Å². The Hall–Kier alpha value is -0.790. The van der Waals surface area contributed by atoms with Crippen LogP contribution in [0.25, 0.3) is 0 Å². The van der Waals surface area contributed by atoms with Crippen molar-refractivity contribution in [3.05, 3.63) is 17.2 Å². The third-order valence-electron chi connectivity index (χ3n) is 3.82. The van der Waals surface area contributed by atoms with Crippen LogP contribution in [0.5, 0.6) is 0 Å². The highest BCUT2D eigenvalue weighted by molar-refractivity contribution is 5.21. The monoisotopic (exact) mass is 206 g/mol. The molecule has 2 rings (SSSR count). The summed E-state index contributed by atoms with van der Waals surface area (Å²) in [5, 5.41) is 0. The number of H-pyrrole nitrogens is 1. The number of imidazole rings is 1. The maximum Gasteiger partial charge on any atom is 0.112 e. The molecule has 0 saturated heterocycles. The van der Waals surface area contributed by atoms with Crippen molar-refractivity contribution < 1.29 is 0 Å². The number of nitrogens with zero attached hydrogens (tertiary/aromatic N) is 1. The Labute approximate surface area is 92.5 Å². The Morgan fingerprint density at radius 3 is 2.87 bits per heavy atom. The predicted molar refractivity (Wildman–Crippen MR) is 63.1 cm³/mol. The molecule has 1 N–H and O–H groups in total. The van der Waals surface area contributed by atoms with Gasteiger partial charge in [-0.15, -0.1) is 0 Å². The second-order valence-electron chi connectivity index (χ2n) is 5.60. The van der Waals surface area contributed by atoms with E-state index in [1.165, 1.54) is 30.1 Å². The molecule has 1 aromatic rings. The van der Waals surface area contributed by atoms with E-state index in [-0.39, 0.29) is 5.41 Å². The summed E-state index contributed by atoms with van der Waals surface area (Å²) >= 11 is 0. The number of aryl methyl sites for hydroxylation is 1. The Balaban J connectivity index is 2.30. The summed E-state index contributed by atoms with van der Waals surface area (Å²) in [5.74, 6) is 2.00. The van der Waals surface area contributed by atoms with Crippen molar-refractivity contribution in [3.8, 4) is 0 Å². The lowest BCUT2D eigenvalue weighted by Gasteiger charge is -2.19. The first kappa shape index (κ1) is 10.7. The van der Waals surface area contributed by atoms with Gasteiger partial charge in [-0.1, -0.05) is 27.7 Å². The van der Waals surface area contributed by atoms with E-state index in [0.29, 0.717) is 0 Å². The lowest BCUT2D eigenvalue weighted by molar-refractivity contribution is 0.476. The average Bonchev–Trinajstić information content (AvgIpc) is 2.61. The van der Waals surface area contributed by atoms with Gasteiger partial charge in [-0.3, -0.25) is 0 Å². The number of hydrogen-bond acceptors (Lipinski definition) is 1. The van der Waals surface area contributed by atoms with Crippen LogP contribution in [-0.2, 0) is 18.3 Å². The van der Waals surface area contributed by atoms with Gasteiger partial charge >= 0.3 is 0 Å². The predicted octanol–water partition coefficient (Wildman–Crippen LogP) is 3.22. The van der Waals surface area contributed by atoms with Crippen molar-refractivity contribution in [1.29, 1.82) is 0 Å². The van der Waals surface area contributed by atoms with Crippen molar-refractivity contribution in [3.63, 3.8) is 0 Å². The lowest BCUT2D eigenvalue weighted by Crippen LogP contribution is -2.17. The van der Waals surface area contributed by atoms with E-state index in [9.17, 15) is 0 Å². The molecule has 0 fully saturated rings. The molecule has 2 heteroatoms. The van der Waals surface area contributed by atoms with Crippen LogP contribution in [0.15, 0.2) is 0 Å². The van der Waals surface area contributed by atoms with Crippen LogP contribution in [0.1, 0.15) is 57.7 Å². The zero-order valence-electron chi connectivity index (χ0n) is 10.4. The van der Waals surface area contributed by atoms with Crippen LogP contribution in [0.4, 0.5) is 0 Å². The van der Waals surface area contributed by atoms with E-state index in [2.05, 4.69) is 32.7 Å². The van der Waals surface area contributed by atoms with Gasteiger partial charge in [-0.05, 0) is 31.6 Å². The molecule has 1 atom stereocenters. The SMILES string of the molecule is CCC(C)(C)c1nc2c([nH]1)CC(C)CC2. The zero-order chi connectivity index (χ0) is 11.1. The Morgan fingerprint density at radius 1 is 1.47 bits per heavy atom. The smallest absolute Gasteiger partial charge is 0.112 e. The maximum atomic E-state index is 4.77. The molecule has 0 amide bonds. The quantitative estimate of drug-likeness (QED) is 0.790. The first-order valence-corrected chi connectivity index (χ1v) is 6.11. The van der Waals surface area contributed by atoms with E-state index in [4.69, 9.17) is 4.98 Å². The second-order valence-corrected chi connectivity index (χ2v) is 5.60. The van der Waals surface area contributed by atoms with Gasteiger partial charge < -0.3 is 4.98 Å². The van der Waals surface area contributed by atoms with E-state index in [0.717, 1.165) is 18.8 Å². The van der Waals surface area contributed by atoms with Crippen LogP contribution in [0, 0.1) is 5.92 Å². The molecular formula is C13H22N2. The van der Waals surface area contributed by atoms with Crippen molar-refractivity contribution in [2.75, 3.05) is 0 Å². The van der Waals surface area contributed by atoms with Crippen molar-refractivity contribution in [2.24, 2.45) is 5.92 Å². The molecule has 2 nitrogen and oxygen atoms in total. The minimum Gasteiger partial charge on any atom is -0.345 e. The highest BCUT2D eigenvalue weighted by atomic mass is 15.0. The summed E-state index contributed by atoms with van der Waals surface area (Å²) in [6.45, 7) is 9.08. The van der Waals surface area contributed by atoms with Gasteiger partial charge in [0.1, 0.15) is 5.82 Å². The fourth-order valence-corrected chi connectivity index (χ4v) is 2.14. The van der Waals surface area contributed by atoms with E-state index in [1.807, 2.05) is 0 Å². The van der Waals surface area contributed by atoms with Crippen molar-refractivity contribution in [1.82, 2.24) is 9.97 Å². The topological polar surface area (TPSA) is 28.7 Å². The molecule has 84 valence electrons. The molecule has 15 heavy (non-hydrogen) atoms. The summed E-state index contributed by atoms with van der Waals surface area (Å²) in [4.78, 5) is 8.32. The van der Waals surface area contributed by atoms with Gasteiger partial charge in [0.05, 0.1) is 5.69 Å². The van der Waals surface area contributed by atoms with Crippen LogP contribution in [0.3, 0.4) is 0 Å². The summed E-state index contributed by atoms with van der Waals surface area (Å²) in [6.07, 6.45) is 4.77. The molecule has 0 aromatic carbocycles. The molecule has 0 spiro atoms. The second kappa shape index (κ2) is 3.66. The minimum absolute atomic E-state index is 0.195. The third-order valence-corrected chi connectivity index (χ3v) is 3.82. The molecule has 0 saturated carbocycles. The fraction of sp³-hybridized carbons (Fsp3) is 0.769. The Kier molecular flexibility index (Phi) is 2.61. The third kappa shape index (κ3) is 1.95. The standard InChI is InChI=1S/C13H22N2/c1-5-13(3,4)12-14-10-7-6-9(2)8-11(10)15-12/h9H,5-8H2,1-4H3,(H,14,15). The molecule has 0 bridgehead atoms. The number of aromatic nitrogens is 2. The number of rotatable bonds is 2. The average molecular weight is 206 g/mol. The van der Waals surface area contributed by atoms with Gasteiger partial charge in [0, 0.05) is 11.1 Å². The molecule has 1 heterocycles. The fourth-order valence-electron chi connectivity index (χ4n) is 2.14. The summed E-state index contributed by atoms with van der Waals surface area (Å²) in [7, 11) is 0. The molecular weight excluding hydrogens is 184 g/mol. The molecule has 1 aliphatic rings. The van der Waals surface area contributed by atoms with Crippen LogP contribution < -0.4 is 0 Å². The molecule has 1 aromatic heterocycles. The van der Waals surface area contributed by atoms with Gasteiger partial charge in [0.25, 0.3) is 0 Å².